The Morgan fingerprint density at radius 2 is 1.67 bits per heavy atom. The standard InChI is InChI=1S/C17H28N2O5/c1-10(2)13(20)19-12(14(21)18-4)11(3)24-9-16-6-17(7-16,8-16)15(22)23-5/h10-12H,6-9H2,1-5H3,(H,18,21)(H,19,20). The van der Waals surface area contributed by atoms with Crippen LogP contribution >= 0.6 is 0 Å². The lowest BCUT2D eigenvalue weighted by molar-refractivity contribution is -0.245. The molecule has 7 nitrogen and oxygen atoms in total. The van der Waals surface area contributed by atoms with Gasteiger partial charge in [-0.2, -0.15) is 0 Å². The van der Waals surface area contributed by atoms with Gasteiger partial charge in [0.2, 0.25) is 11.8 Å². The van der Waals surface area contributed by atoms with Crippen LogP contribution in [0.2, 0.25) is 0 Å². The zero-order chi connectivity index (χ0) is 18.1. The molecule has 136 valence electrons. The van der Waals surface area contributed by atoms with Crippen molar-refractivity contribution in [1.82, 2.24) is 10.6 Å². The second-order valence-electron chi connectivity index (χ2n) is 7.57. The molecule has 2 atom stereocenters. The van der Waals surface area contributed by atoms with Gasteiger partial charge in [-0.25, -0.2) is 0 Å². The van der Waals surface area contributed by atoms with E-state index >= 15 is 0 Å². The Hall–Kier alpha value is -1.63. The maximum absolute atomic E-state index is 12.0. The van der Waals surface area contributed by atoms with Gasteiger partial charge in [0.1, 0.15) is 6.04 Å². The molecule has 2 N–H and O–H groups in total. The van der Waals surface area contributed by atoms with Gasteiger partial charge < -0.3 is 20.1 Å². The van der Waals surface area contributed by atoms with E-state index in [4.69, 9.17) is 9.47 Å². The van der Waals surface area contributed by atoms with Crippen LogP contribution in [0.5, 0.6) is 0 Å². The molecule has 0 aromatic heterocycles. The van der Waals surface area contributed by atoms with Gasteiger partial charge in [0.25, 0.3) is 0 Å². The van der Waals surface area contributed by atoms with Gasteiger partial charge >= 0.3 is 5.97 Å². The molecule has 2 bridgehead atoms. The number of hydrogen-bond acceptors (Lipinski definition) is 5. The van der Waals surface area contributed by atoms with Crippen LogP contribution in [0.3, 0.4) is 0 Å². The summed E-state index contributed by atoms with van der Waals surface area (Å²) in [7, 11) is 2.95. The Labute approximate surface area is 142 Å². The van der Waals surface area contributed by atoms with Crippen LogP contribution in [0.4, 0.5) is 0 Å². The summed E-state index contributed by atoms with van der Waals surface area (Å²) in [6.45, 7) is 5.81. The second kappa shape index (κ2) is 6.70. The summed E-state index contributed by atoms with van der Waals surface area (Å²) in [4.78, 5) is 35.6. The number of methoxy groups -OCH3 is 1. The molecule has 0 heterocycles. The zero-order valence-corrected chi connectivity index (χ0v) is 15.1. The summed E-state index contributed by atoms with van der Waals surface area (Å²) < 4.78 is 10.7. The molecule has 0 aromatic rings. The van der Waals surface area contributed by atoms with Gasteiger partial charge in [-0.15, -0.1) is 0 Å². The number of carbonyl (C=O) groups excluding carboxylic acids is 3. The van der Waals surface area contributed by atoms with Crippen LogP contribution in [0, 0.1) is 16.7 Å². The highest BCUT2D eigenvalue weighted by molar-refractivity contribution is 5.88. The number of hydrogen-bond donors (Lipinski definition) is 2. The van der Waals surface area contributed by atoms with Crippen molar-refractivity contribution in [2.24, 2.45) is 16.7 Å². The first-order chi connectivity index (χ1) is 11.2. The number of nitrogens with one attached hydrogen (secondary N) is 2. The van der Waals surface area contributed by atoms with E-state index < -0.39 is 12.1 Å². The third-order valence-electron chi connectivity index (χ3n) is 5.23. The van der Waals surface area contributed by atoms with Crippen LogP contribution in [0.1, 0.15) is 40.0 Å². The quantitative estimate of drug-likeness (QED) is 0.632. The lowest BCUT2D eigenvalue weighted by Gasteiger charge is -2.68. The summed E-state index contributed by atoms with van der Waals surface area (Å²) in [5.41, 5.74) is -0.273. The SMILES string of the molecule is CNC(=O)C(NC(=O)C(C)C)C(C)OCC12CC(C(=O)OC)(C1)C2. The maximum Gasteiger partial charge on any atom is 0.311 e. The maximum atomic E-state index is 12.0. The van der Waals surface area contributed by atoms with Gasteiger partial charge in [-0.05, 0) is 31.6 Å². The van der Waals surface area contributed by atoms with Crippen LogP contribution in [-0.2, 0) is 23.9 Å². The largest absolute Gasteiger partial charge is 0.469 e. The van der Waals surface area contributed by atoms with Crippen molar-refractivity contribution in [2.75, 3.05) is 20.8 Å². The van der Waals surface area contributed by atoms with Gasteiger partial charge in [-0.1, -0.05) is 13.8 Å². The zero-order valence-electron chi connectivity index (χ0n) is 15.1. The molecule has 24 heavy (non-hydrogen) atoms. The monoisotopic (exact) mass is 340 g/mol. The molecule has 3 saturated carbocycles. The smallest absolute Gasteiger partial charge is 0.311 e. The van der Waals surface area contributed by atoms with Crippen molar-refractivity contribution >= 4 is 17.8 Å². The summed E-state index contributed by atoms with van der Waals surface area (Å²) in [6, 6.07) is -0.730. The Morgan fingerprint density at radius 1 is 1.08 bits per heavy atom. The molecule has 0 spiro atoms. The predicted octanol–water partition coefficient (Wildman–Crippen LogP) is 0.622. The van der Waals surface area contributed by atoms with E-state index in [9.17, 15) is 14.4 Å². The Kier molecular flexibility index (Phi) is 5.22. The predicted molar refractivity (Wildman–Crippen MR) is 87.0 cm³/mol. The van der Waals surface area contributed by atoms with E-state index in [1.54, 1.807) is 20.8 Å². The number of ether oxygens (including phenoxy) is 2. The summed E-state index contributed by atoms with van der Waals surface area (Å²) in [5.74, 6) is -0.805. The molecule has 0 aliphatic heterocycles. The molecule has 2 unspecified atom stereocenters. The second-order valence-corrected chi connectivity index (χ2v) is 7.57. The Bertz CT molecular complexity index is 511. The normalized spacial score (nSPS) is 29.8. The van der Waals surface area contributed by atoms with E-state index in [0.29, 0.717) is 6.61 Å². The number of amides is 2. The fraction of sp³-hybridized carbons (Fsp3) is 0.824. The molecule has 3 rings (SSSR count). The molecular formula is C17H28N2O5. The topological polar surface area (TPSA) is 93.7 Å². The molecule has 0 radical (unpaired) electrons. The number of likely N-dealkylation sites (N-methyl/N-ethyl adjacent to an activating group) is 1. The van der Waals surface area contributed by atoms with E-state index in [1.807, 2.05) is 0 Å². The first kappa shape index (κ1) is 18.7. The molecule has 7 heteroatoms. The van der Waals surface area contributed by atoms with Gasteiger partial charge in [-0.3, -0.25) is 14.4 Å². The highest BCUT2D eigenvalue weighted by atomic mass is 16.5. The molecular weight excluding hydrogens is 312 g/mol. The highest BCUT2D eigenvalue weighted by Crippen LogP contribution is 2.73. The summed E-state index contributed by atoms with van der Waals surface area (Å²) >= 11 is 0. The van der Waals surface area contributed by atoms with Crippen molar-refractivity contribution in [3.63, 3.8) is 0 Å². The van der Waals surface area contributed by atoms with E-state index in [0.717, 1.165) is 19.3 Å². The van der Waals surface area contributed by atoms with Gasteiger partial charge in [0.15, 0.2) is 0 Å². The van der Waals surface area contributed by atoms with E-state index in [2.05, 4.69) is 10.6 Å². The average Bonchev–Trinajstić information content (AvgIpc) is 2.47. The van der Waals surface area contributed by atoms with Crippen LogP contribution in [-0.4, -0.2) is 50.7 Å². The van der Waals surface area contributed by atoms with Crippen molar-refractivity contribution < 1.29 is 23.9 Å². The molecule has 3 aliphatic rings. The molecule has 3 aliphatic carbocycles. The minimum atomic E-state index is -0.730. The average molecular weight is 340 g/mol. The number of carbonyl (C=O) groups is 3. The van der Waals surface area contributed by atoms with Crippen LogP contribution in [0.25, 0.3) is 0 Å². The van der Waals surface area contributed by atoms with Crippen molar-refractivity contribution in [1.29, 1.82) is 0 Å². The van der Waals surface area contributed by atoms with Crippen molar-refractivity contribution in [2.45, 2.75) is 52.2 Å². The van der Waals surface area contributed by atoms with Gasteiger partial charge in [0, 0.05) is 13.0 Å². The molecule has 2 amide bonds. The molecule has 3 fully saturated rings. The number of esters is 1. The fourth-order valence-electron chi connectivity index (χ4n) is 3.86. The molecule has 0 aromatic carbocycles. The van der Waals surface area contributed by atoms with Gasteiger partial charge in [0.05, 0.1) is 25.2 Å². The van der Waals surface area contributed by atoms with E-state index in [-0.39, 0.29) is 34.5 Å². The summed E-state index contributed by atoms with van der Waals surface area (Å²) in [6.07, 6.45) is 1.89. The highest BCUT2D eigenvalue weighted by Gasteiger charge is 2.72. The Morgan fingerprint density at radius 3 is 2.12 bits per heavy atom. The minimum absolute atomic E-state index is 0.0255. The first-order valence-electron chi connectivity index (χ1n) is 8.41. The summed E-state index contributed by atoms with van der Waals surface area (Å²) in [5, 5.41) is 5.30. The Balaban J connectivity index is 1.86. The first-order valence-corrected chi connectivity index (χ1v) is 8.41. The van der Waals surface area contributed by atoms with Crippen molar-refractivity contribution in [3.05, 3.63) is 0 Å². The fourth-order valence-corrected chi connectivity index (χ4v) is 3.86. The third-order valence-corrected chi connectivity index (χ3v) is 5.23. The van der Waals surface area contributed by atoms with Crippen LogP contribution < -0.4 is 10.6 Å². The molecule has 0 saturated heterocycles. The third kappa shape index (κ3) is 3.27. The minimum Gasteiger partial charge on any atom is -0.469 e. The lowest BCUT2D eigenvalue weighted by atomic mass is 9.35. The van der Waals surface area contributed by atoms with E-state index in [1.165, 1.54) is 14.2 Å². The lowest BCUT2D eigenvalue weighted by Crippen LogP contribution is -2.67. The number of rotatable bonds is 8. The van der Waals surface area contributed by atoms with Crippen molar-refractivity contribution in [3.8, 4) is 0 Å². The van der Waals surface area contributed by atoms with Crippen LogP contribution in [0.15, 0.2) is 0 Å².